The zero-order chi connectivity index (χ0) is 29.6. The first-order valence-corrected chi connectivity index (χ1v) is 15.1. The number of thiophene rings is 1. The number of halogens is 2. The molecule has 216 valence electrons. The number of amides is 2. The van der Waals surface area contributed by atoms with Crippen molar-refractivity contribution in [3.05, 3.63) is 111 Å². The van der Waals surface area contributed by atoms with Crippen molar-refractivity contribution in [3.63, 3.8) is 0 Å². The molecular formula is C32H28Cl2N2O5S. The van der Waals surface area contributed by atoms with Crippen molar-refractivity contribution in [1.82, 2.24) is 5.32 Å². The summed E-state index contributed by atoms with van der Waals surface area (Å²) in [4.78, 5) is 41.3. The largest absolute Gasteiger partial charge is 0.477 e. The van der Waals surface area contributed by atoms with Crippen LogP contribution >= 0.6 is 34.5 Å². The standard InChI is InChI=1S/C32H28Cl2N2O5S/c33-22-11-16-25(26(34)17-22)30(37)36(27-18-28(42-29(27)31(38)39)21-9-5-2-6-10-21)24-14-12-23(13-15-24)35-32(40)41-19-20-7-3-1-4-8-20/h1-11,16-18,23-24H,12-15,19H2,(H,35,40)(H,38,39). The van der Waals surface area contributed by atoms with E-state index in [0.29, 0.717) is 36.4 Å². The van der Waals surface area contributed by atoms with Crippen molar-refractivity contribution in [1.29, 1.82) is 0 Å². The molecule has 0 unspecified atom stereocenters. The van der Waals surface area contributed by atoms with E-state index >= 15 is 0 Å². The predicted octanol–water partition coefficient (Wildman–Crippen LogP) is 8.30. The van der Waals surface area contributed by atoms with Crippen LogP contribution in [0.25, 0.3) is 10.4 Å². The maximum Gasteiger partial charge on any atom is 0.407 e. The molecule has 0 saturated heterocycles. The van der Waals surface area contributed by atoms with E-state index < -0.39 is 18.0 Å². The highest BCUT2D eigenvalue weighted by molar-refractivity contribution is 7.18. The van der Waals surface area contributed by atoms with E-state index in [1.54, 1.807) is 23.1 Å². The number of carboxylic acid groups (broad SMARTS) is 1. The molecule has 2 N–H and O–H groups in total. The van der Waals surface area contributed by atoms with Crippen molar-refractivity contribution in [2.24, 2.45) is 0 Å². The maximum absolute atomic E-state index is 14.1. The molecule has 0 bridgehead atoms. The summed E-state index contributed by atoms with van der Waals surface area (Å²) in [6.45, 7) is 0.173. The number of anilines is 1. The Morgan fingerprint density at radius 2 is 1.57 bits per heavy atom. The molecule has 7 nitrogen and oxygen atoms in total. The zero-order valence-electron chi connectivity index (χ0n) is 22.5. The van der Waals surface area contributed by atoms with Crippen LogP contribution in [0.1, 0.15) is 51.3 Å². The van der Waals surface area contributed by atoms with Gasteiger partial charge in [-0.05, 0) is 61.1 Å². The number of carbonyl (C=O) groups excluding carboxylic acids is 2. The third kappa shape index (κ3) is 6.95. The van der Waals surface area contributed by atoms with E-state index in [-0.39, 0.29) is 34.2 Å². The minimum Gasteiger partial charge on any atom is -0.477 e. The highest BCUT2D eigenvalue weighted by atomic mass is 35.5. The first-order valence-electron chi connectivity index (χ1n) is 13.5. The average molecular weight is 624 g/mol. The second kappa shape index (κ2) is 13.4. The van der Waals surface area contributed by atoms with E-state index in [9.17, 15) is 19.5 Å². The summed E-state index contributed by atoms with van der Waals surface area (Å²) in [6.07, 6.45) is 1.75. The van der Waals surface area contributed by atoms with Gasteiger partial charge in [-0.15, -0.1) is 11.3 Å². The number of alkyl carbamates (subject to hydrolysis) is 1. The number of aromatic carboxylic acids is 1. The van der Waals surface area contributed by atoms with Crippen LogP contribution in [0.3, 0.4) is 0 Å². The van der Waals surface area contributed by atoms with Crippen LogP contribution < -0.4 is 10.2 Å². The van der Waals surface area contributed by atoms with Crippen molar-refractivity contribution in [3.8, 4) is 10.4 Å². The number of rotatable bonds is 8. The molecule has 1 fully saturated rings. The fourth-order valence-electron chi connectivity index (χ4n) is 5.13. The molecule has 0 radical (unpaired) electrons. The summed E-state index contributed by atoms with van der Waals surface area (Å²) in [5.41, 5.74) is 2.30. The van der Waals surface area contributed by atoms with E-state index in [1.807, 2.05) is 60.7 Å². The molecule has 42 heavy (non-hydrogen) atoms. The van der Waals surface area contributed by atoms with Gasteiger partial charge in [0.2, 0.25) is 0 Å². The van der Waals surface area contributed by atoms with Crippen molar-refractivity contribution in [2.75, 3.05) is 4.90 Å². The van der Waals surface area contributed by atoms with Gasteiger partial charge in [0.15, 0.2) is 0 Å². The molecule has 5 rings (SSSR count). The molecule has 1 aliphatic carbocycles. The highest BCUT2D eigenvalue weighted by Crippen LogP contribution is 2.41. The number of benzene rings is 3. The molecule has 2 amide bonds. The van der Waals surface area contributed by atoms with E-state index in [0.717, 1.165) is 27.3 Å². The van der Waals surface area contributed by atoms with Crippen LogP contribution in [0.15, 0.2) is 84.9 Å². The molecule has 4 aromatic rings. The highest BCUT2D eigenvalue weighted by Gasteiger charge is 2.35. The van der Waals surface area contributed by atoms with Crippen LogP contribution in [0.5, 0.6) is 0 Å². The van der Waals surface area contributed by atoms with Crippen LogP contribution in [0.4, 0.5) is 10.5 Å². The lowest BCUT2D eigenvalue weighted by molar-refractivity contribution is 0.0702. The number of ether oxygens (including phenoxy) is 1. The second-order valence-electron chi connectivity index (χ2n) is 10.0. The molecule has 1 aromatic heterocycles. The van der Waals surface area contributed by atoms with Crippen molar-refractivity contribution >= 4 is 58.2 Å². The topological polar surface area (TPSA) is 95.9 Å². The Labute approximate surface area is 257 Å². The lowest BCUT2D eigenvalue weighted by atomic mass is 9.89. The summed E-state index contributed by atoms with van der Waals surface area (Å²) in [7, 11) is 0. The Bertz CT molecular complexity index is 1570. The van der Waals surface area contributed by atoms with Crippen LogP contribution in [-0.2, 0) is 11.3 Å². The van der Waals surface area contributed by atoms with Gasteiger partial charge in [-0.25, -0.2) is 9.59 Å². The van der Waals surface area contributed by atoms with Gasteiger partial charge >= 0.3 is 12.1 Å². The smallest absolute Gasteiger partial charge is 0.407 e. The molecule has 1 heterocycles. The number of hydrogen-bond donors (Lipinski definition) is 2. The van der Waals surface area contributed by atoms with Gasteiger partial charge < -0.3 is 20.1 Å². The Morgan fingerprint density at radius 3 is 2.21 bits per heavy atom. The Morgan fingerprint density at radius 1 is 0.905 bits per heavy atom. The third-order valence-electron chi connectivity index (χ3n) is 7.20. The van der Waals surface area contributed by atoms with Gasteiger partial charge in [-0.1, -0.05) is 83.9 Å². The molecule has 0 aliphatic heterocycles. The number of hydrogen-bond acceptors (Lipinski definition) is 5. The van der Waals surface area contributed by atoms with Crippen LogP contribution in [0.2, 0.25) is 10.0 Å². The molecule has 0 spiro atoms. The summed E-state index contributed by atoms with van der Waals surface area (Å²) in [5.74, 6) is -1.52. The number of nitrogens with zero attached hydrogens (tertiary/aromatic N) is 1. The second-order valence-corrected chi connectivity index (χ2v) is 11.9. The molecule has 10 heteroatoms. The van der Waals surface area contributed by atoms with E-state index in [2.05, 4.69) is 5.32 Å². The minimum atomic E-state index is -1.12. The molecule has 1 aliphatic rings. The third-order valence-corrected chi connectivity index (χ3v) is 8.91. The molecule has 0 atom stereocenters. The molecular weight excluding hydrogens is 595 g/mol. The lowest BCUT2D eigenvalue weighted by Gasteiger charge is -2.37. The van der Waals surface area contributed by atoms with Crippen molar-refractivity contribution < 1.29 is 24.2 Å². The van der Waals surface area contributed by atoms with Crippen LogP contribution in [0, 0.1) is 0 Å². The normalized spacial score (nSPS) is 16.4. The Balaban J connectivity index is 1.38. The van der Waals surface area contributed by atoms with E-state index in [1.165, 1.54) is 6.07 Å². The predicted molar refractivity (Wildman–Crippen MR) is 166 cm³/mol. The molecule has 3 aromatic carbocycles. The van der Waals surface area contributed by atoms with Gasteiger partial charge in [0, 0.05) is 22.0 Å². The number of nitrogens with one attached hydrogen (secondary N) is 1. The summed E-state index contributed by atoms with van der Waals surface area (Å²) >= 11 is 13.7. The maximum atomic E-state index is 14.1. The number of carbonyl (C=O) groups is 3. The monoisotopic (exact) mass is 622 g/mol. The first kappa shape index (κ1) is 29.6. The summed E-state index contributed by atoms with van der Waals surface area (Å²) in [6, 6.07) is 24.8. The van der Waals surface area contributed by atoms with Crippen LogP contribution in [-0.4, -0.2) is 35.2 Å². The van der Waals surface area contributed by atoms with Gasteiger partial charge in [0.05, 0.1) is 16.3 Å². The first-order chi connectivity index (χ1) is 20.3. The average Bonchev–Trinajstić information content (AvgIpc) is 3.43. The van der Waals surface area contributed by atoms with Gasteiger partial charge in [0.25, 0.3) is 5.91 Å². The lowest BCUT2D eigenvalue weighted by Crippen LogP contribution is -2.47. The SMILES string of the molecule is O=C(NC1CCC(N(C(=O)c2ccc(Cl)cc2Cl)c2cc(-c3ccccc3)sc2C(=O)O)CC1)OCc1ccccc1. The van der Waals surface area contributed by atoms with Crippen molar-refractivity contribution in [2.45, 2.75) is 44.4 Å². The quantitative estimate of drug-likeness (QED) is 0.206. The Hall–Kier alpha value is -3.85. The Kier molecular flexibility index (Phi) is 9.47. The minimum absolute atomic E-state index is 0.0667. The fourth-order valence-corrected chi connectivity index (χ4v) is 6.62. The zero-order valence-corrected chi connectivity index (χ0v) is 24.8. The van der Waals surface area contributed by atoms with Gasteiger partial charge in [0.1, 0.15) is 11.5 Å². The molecule has 1 saturated carbocycles. The van der Waals surface area contributed by atoms with Gasteiger partial charge in [-0.3, -0.25) is 4.79 Å². The van der Waals surface area contributed by atoms with E-state index in [4.69, 9.17) is 27.9 Å². The number of carboxylic acids is 1. The summed E-state index contributed by atoms with van der Waals surface area (Å²) < 4.78 is 5.38. The van der Waals surface area contributed by atoms with Gasteiger partial charge in [-0.2, -0.15) is 0 Å². The fraction of sp³-hybridized carbons (Fsp3) is 0.219. The summed E-state index contributed by atoms with van der Waals surface area (Å²) in [5, 5.41) is 13.7.